The molecule has 0 unspecified atom stereocenters. The highest BCUT2D eigenvalue weighted by Crippen LogP contribution is 2.34. The van der Waals surface area contributed by atoms with Crippen LogP contribution in [0.4, 0.5) is 4.39 Å². The third kappa shape index (κ3) is 2.63. The van der Waals surface area contributed by atoms with Gasteiger partial charge in [0, 0.05) is 41.5 Å². The summed E-state index contributed by atoms with van der Waals surface area (Å²) >= 11 is 0. The molecule has 0 aliphatic carbocycles. The van der Waals surface area contributed by atoms with E-state index in [0.29, 0.717) is 39.5 Å². The molecular formula is C22H14FN7O. The number of nitrogens with zero attached hydrogens (tertiary/aromatic N) is 5. The Balaban J connectivity index is 1.57. The van der Waals surface area contributed by atoms with Gasteiger partial charge in [0.25, 0.3) is 0 Å². The third-order valence-electron chi connectivity index (χ3n) is 5.28. The average Bonchev–Trinajstić information content (AvgIpc) is 3.53. The van der Waals surface area contributed by atoms with Crippen LogP contribution >= 0.6 is 0 Å². The predicted octanol–water partition coefficient (Wildman–Crippen LogP) is 4.67. The molecule has 0 saturated heterocycles. The van der Waals surface area contributed by atoms with Gasteiger partial charge in [-0.05, 0) is 30.7 Å². The molecular weight excluding hydrogens is 397 g/mol. The fourth-order valence-electron chi connectivity index (χ4n) is 3.72. The Bertz CT molecular complexity index is 1570. The van der Waals surface area contributed by atoms with Crippen LogP contribution < -0.4 is 0 Å². The quantitative estimate of drug-likeness (QED) is 0.438. The van der Waals surface area contributed by atoms with E-state index in [9.17, 15) is 0 Å². The number of aromatic nitrogens is 7. The number of furan rings is 1. The Kier molecular flexibility index (Phi) is 3.69. The maximum atomic E-state index is 15.7. The van der Waals surface area contributed by atoms with Crippen LogP contribution in [0.5, 0.6) is 0 Å². The van der Waals surface area contributed by atoms with Crippen molar-refractivity contribution >= 4 is 22.1 Å². The largest absolute Gasteiger partial charge is 0.472 e. The summed E-state index contributed by atoms with van der Waals surface area (Å²) < 4.78 is 20.9. The number of rotatable bonds is 3. The fraction of sp³-hybridized carbons (Fsp3) is 0.0455. The van der Waals surface area contributed by atoms with Crippen molar-refractivity contribution in [1.29, 1.82) is 0 Å². The van der Waals surface area contributed by atoms with Gasteiger partial charge in [-0.25, -0.2) is 14.4 Å². The standard InChI is InChI=1S/C22H14FN7O/c1-11-2-5-24-8-13(11)14-9-26-21-16(17(14)23)20(29-30-21)22-27-15-3-6-25-18(19(15)28-22)12-4-7-31-10-12/h2-10H,1H3,(H,27,28)(H,26,29,30). The zero-order chi connectivity index (χ0) is 20.9. The lowest BCUT2D eigenvalue weighted by molar-refractivity contribution is 0.568. The fourth-order valence-corrected chi connectivity index (χ4v) is 3.72. The van der Waals surface area contributed by atoms with Crippen molar-refractivity contribution in [3.8, 4) is 33.9 Å². The Labute approximate surface area is 174 Å². The van der Waals surface area contributed by atoms with Crippen molar-refractivity contribution in [2.24, 2.45) is 0 Å². The lowest BCUT2D eigenvalue weighted by Crippen LogP contribution is -1.93. The summed E-state index contributed by atoms with van der Waals surface area (Å²) in [7, 11) is 0. The van der Waals surface area contributed by atoms with Crippen LogP contribution in [0.2, 0.25) is 0 Å². The molecule has 0 spiro atoms. The molecule has 0 aromatic carbocycles. The number of nitrogens with one attached hydrogen (secondary N) is 2. The van der Waals surface area contributed by atoms with Crippen molar-refractivity contribution < 1.29 is 8.81 Å². The van der Waals surface area contributed by atoms with Gasteiger partial charge in [0.1, 0.15) is 22.7 Å². The second-order valence-corrected chi connectivity index (χ2v) is 7.13. The van der Waals surface area contributed by atoms with Crippen LogP contribution in [0.3, 0.4) is 0 Å². The first-order valence-corrected chi connectivity index (χ1v) is 9.52. The Morgan fingerprint density at radius 3 is 2.77 bits per heavy atom. The molecule has 6 aromatic rings. The molecule has 0 atom stereocenters. The van der Waals surface area contributed by atoms with Crippen molar-refractivity contribution in [1.82, 2.24) is 35.1 Å². The number of fused-ring (bicyclic) bond motifs is 2. The lowest BCUT2D eigenvalue weighted by Gasteiger charge is -2.06. The van der Waals surface area contributed by atoms with Gasteiger partial charge < -0.3 is 9.40 Å². The predicted molar refractivity (Wildman–Crippen MR) is 112 cm³/mol. The summed E-state index contributed by atoms with van der Waals surface area (Å²) in [5.74, 6) is -0.0155. The van der Waals surface area contributed by atoms with E-state index in [-0.39, 0.29) is 5.39 Å². The molecule has 2 N–H and O–H groups in total. The Morgan fingerprint density at radius 2 is 1.94 bits per heavy atom. The molecule has 0 bridgehead atoms. The highest BCUT2D eigenvalue weighted by molar-refractivity contribution is 5.96. The number of pyridine rings is 3. The van der Waals surface area contributed by atoms with Crippen LogP contribution in [0.25, 0.3) is 56.0 Å². The summed E-state index contributed by atoms with van der Waals surface area (Å²) in [5.41, 5.74) is 5.49. The molecule has 0 aliphatic rings. The van der Waals surface area contributed by atoms with Crippen molar-refractivity contribution in [2.75, 3.05) is 0 Å². The minimum Gasteiger partial charge on any atom is -0.472 e. The first-order chi connectivity index (χ1) is 15.2. The van der Waals surface area contributed by atoms with Crippen molar-refractivity contribution in [3.63, 3.8) is 0 Å². The number of H-pyrrole nitrogens is 2. The first kappa shape index (κ1) is 17.5. The Hall–Kier alpha value is -4.40. The molecule has 0 aliphatic heterocycles. The number of imidazole rings is 1. The second kappa shape index (κ2) is 6.56. The lowest BCUT2D eigenvalue weighted by atomic mass is 10.0. The van der Waals surface area contributed by atoms with E-state index in [1.165, 1.54) is 6.20 Å². The molecule has 9 heteroatoms. The van der Waals surface area contributed by atoms with E-state index in [2.05, 4.69) is 35.1 Å². The Morgan fingerprint density at radius 1 is 1.00 bits per heavy atom. The first-order valence-electron chi connectivity index (χ1n) is 9.52. The molecule has 6 heterocycles. The van der Waals surface area contributed by atoms with Gasteiger partial charge >= 0.3 is 0 Å². The summed E-state index contributed by atoms with van der Waals surface area (Å²) in [6.45, 7) is 1.90. The molecule has 150 valence electrons. The normalized spacial score (nSPS) is 11.5. The van der Waals surface area contributed by atoms with Gasteiger partial charge in [0.05, 0.1) is 23.4 Å². The van der Waals surface area contributed by atoms with E-state index < -0.39 is 5.82 Å². The molecule has 0 fully saturated rings. The highest BCUT2D eigenvalue weighted by Gasteiger charge is 2.22. The molecule has 31 heavy (non-hydrogen) atoms. The minimum atomic E-state index is -0.432. The van der Waals surface area contributed by atoms with Crippen LogP contribution in [0.1, 0.15) is 5.56 Å². The number of aryl methyl sites for hydroxylation is 1. The maximum absolute atomic E-state index is 15.7. The topological polar surface area (TPSA) is 109 Å². The highest BCUT2D eigenvalue weighted by atomic mass is 19.1. The molecule has 0 amide bonds. The van der Waals surface area contributed by atoms with Gasteiger partial charge in [-0.2, -0.15) is 5.10 Å². The van der Waals surface area contributed by atoms with E-state index in [1.807, 2.05) is 25.1 Å². The second-order valence-electron chi connectivity index (χ2n) is 7.13. The zero-order valence-electron chi connectivity index (χ0n) is 16.2. The van der Waals surface area contributed by atoms with Gasteiger partial charge in [0.2, 0.25) is 0 Å². The van der Waals surface area contributed by atoms with Crippen LogP contribution in [0.15, 0.2) is 59.9 Å². The van der Waals surface area contributed by atoms with Crippen LogP contribution in [-0.2, 0) is 0 Å². The third-order valence-corrected chi connectivity index (χ3v) is 5.28. The molecule has 6 rings (SSSR count). The summed E-state index contributed by atoms with van der Waals surface area (Å²) in [5, 5.41) is 7.36. The van der Waals surface area contributed by atoms with Gasteiger partial charge in [-0.1, -0.05) is 0 Å². The summed E-state index contributed by atoms with van der Waals surface area (Å²) in [4.78, 5) is 20.8. The van der Waals surface area contributed by atoms with Crippen LogP contribution in [0, 0.1) is 12.7 Å². The van der Waals surface area contributed by atoms with E-state index in [4.69, 9.17) is 4.42 Å². The van der Waals surface area contributed by atoms with Crippen molar-refractivity contribution in [2.45, 2.75) is 6.92 Å². The zero-order valence-corrected chi connectivity index (χ0v) is 16.2. The number of hydrogen-bond donors (Lipinski definition) is 2. The van der Waals surface area contributed by atoms with Gasteiger partial charge in [0.15, 0.2) is 11.5 Å². The average molecular weight is 411 g/mol. The molecule has 8 nitrogen and oxygen atoms in total. The summed E-state index contributed by atoms with van der Waals surface area (Å²) in [6.07, 6.45) is 9.65. The summed E-state index contributed by atoms with van der Waals surface area (Å²) in [6, 6.07) is 5.45. The maximum Gasteiger partial charge on any atom is 0.159 e. The monoisotopic (exact) mass is 411 g/mol. The van der Waals surface area contributed by atoms with Crippen LogP contribution in [-0.4, -0.2) is 35.1 Å². The minimum absolute atomic E-state index is 0.262. The molecule has 0 radical (unpaired) electrons. The van der Waals surface area contributed by atoms with Crippen molar-refractivity contribution in [3.05, 3.63) is 66.9 Å². The number of hydrogen-bond acceptors (Lipinski definition) is 6. The molecule has 6 aromatic heterocycles. The van der Waals surface area contributed by atoms with E-state index in [0.717, 1.165) is 16.6 Å². The van der Waals surface area contributed by atoms with Gasteiger partial charge in [-0.3, -0.25) is 15.1 Å². The van der Waals surface area contributed by atoms with E-state index in [1.54, 1.807) is 31.1 Å². The molecule has 0 saturated carbocycles. The smallest absolute Gasteiger partial charge is 0.159 e. The van der Waals surface area contributed by atoms with Gasteiger partial charge in [-0.15, -0.1) is 0 Å². The number of aromatic amines is 2. The number of halogens is 1. The van der Waals surface area contributed by atoms with E-state index >= 15 is 4.39 Å². The SMILES string of the molecule is Cc1ccncc1-c1cnc2[nH]nc(-c3nc4c(-c5ccoc5)nccc4[nH]3)c2c1F.